The number of carbonyl (C=O) groups is 3. The summed E-state index contributed by atoms with van der Waals surface area (Å²) in [7, 11) is -14.3. The Labute approximate surface area is 482 Å². The summed E-state index contributed by atoms with van der Waals surface area (Å²) in [5.41, 5.74) is -8.40. The van der Waals surface area contributed by atoms with Gasteiger partial charge in [-0.15, -0.1) is 0 Å². The molecular weight excluding hydrogens is 1240 g/mol. The predicted octanol–water partition coefficient (Wildman–Crippen LogP) is 10.0. The molecule has 3 atom stereocenters. The van der Waals surface area contributed by atoms with Crippen molar-refractivity contribution in [2.24, 2.45) is 5.92 Å². The fourth-order valence-electron chi connectivity index (χ4n) is 10.8. The van der Waals surface area contributed by atoms with E-state index in [0.29, 0.717) is 12.3 Å². The van der Waals surface area contributed by atoms with Gasteiger partial charge in [0.1, 0.15) is 36.2 Å². The highest BCUT2D eigenvalue weighted by Crippen LogP contribution is 2.68. The minimum Gasteiger partial charge on any atom is -0.478 e. The van der Waals surface area contributed by atoms with Crippen LogP contribution in [0.2, 0.25) is 5.02 Å². The van der Waals surface area contributed by atoms with Crippen LogP contribution in [0.4, 0.5) is 49.7 Å². The van der Waals surface area contributed by atoms with Gasteiger partial charge in [-0.25, -0.2) is 35.0 Å². The number of aromatic carboxylic acids is 1. The first-order valence-corrected chi connectivity index (χ1v) is 30.9. The number of pyridine rings is 1. The number of benzene rings is 3. The molecule has 0 spiro atoms. The number of fused-ring (bicyclic) bond motifs is 4. The van der Waals surface area contributed by atoms with Crippen LogP contribution in [0.3, 0.4) is 0 Å². The smallest absolute Gasteiger partial charge is 0.478 e. The van der Waals surface area contributed by atoms with Crippen LogP contribution in [0, 0.1) is 24.5 Å². The van der Waals surface area contributed by atoms with E-state index in [1.807, 2.05) is 0 Å². The van der Waals surface area contributed by atoms with Gasteiger partial charge in [0.25, 0.3) is 5.92 Å². The van der Waals surface area contributed by atoms with E-state index >= 15 is 8.78 Å². The fraction of sp³-hybridized carbons (Fsp3) is 0.423. The second-order valence-electron chi connectivity index (χ2n) is 22.2. The molecule has 6 aromatic rings. The van der Waals surface area contributed by atoms with Crippen molar-refractivity contribution in [2.45, 2.75) is 120 Å². The van der Waals surface area contributed by atoms with Crippen molar-refractivity contribution in [3.63, 3.8) is 0 Å². The van der Waals surface area contributed by atoms with E-state index in [-0.39, 0.29) is 60.9 Å². The maximum Gasteiger partial charge on any atom is 0.524 e. The van der Waals surface area contributed by atoms with Gasteiger partial charge >= 0.3 is 26.1 Å². The van der Waals surface area contributed by atoms with E-state index < -0.39 is 191 Å². The van der Waals surface area contributed by atoms with Crippen molar-refractivity contribution in [2.75, 3.05) is 16.8 Å². The molecule has 1 unspecified atom stereocenters. The van der Waals surface area contributed by atoms with Crippen LogP contribution in [-0.2, 0) is 77.5 Å². The minimum atomic E-state index is -5.49. The molecule has 33 heteroatoms. The first-order valence-electron chi connectivity index (χ1n) is 25.2. The molecule has 0 saturated heterocycles. The molecule has 1 saturated carbocycles. The number of nitrogens with one attached hydrogen (secondary N) is 1. The number of alkyl halides is 8. The number of aryl methyl sites for hydroxylation is 2. The standard InChI is InChI=1S/C52H51ClF10N7O12PS2/c1-24-14-26(47(73)74)18-36(82-83(75,76)77)41(24)48(2,3)21-38(72)70(85(7,80)81)46-40-34(53)11-10-31(43(40)69(67-46)23-50(56,57)58)30-9-8-29(12-13-49(4,5)84(6,78)79)64-42(30)35(17-25-15-27(54)19-28(55)16-25)65-37(71)22-68-45-39(44(66-68)52(61,62)63)32-20-33(32)51(45,59)60/h8-11,14-16,18-19,32-33,35H,12-13,17,20-23H2,1-7H3,(H,65,71)(H,73,74)(H2,75,76,77)/t32-,33?,35-/m0/s1. The maximum atomic E-state index is 15.7. The lowest BCUT2D eigenvalue weighted by Gasteiger charge is -2.31. The topological polar surface area (TPSA) is 270 Å². The number of phosphoric ester groups is 1. The second kappa shape index (κ2) is 21.9. The number of sulfone groups is 1. The van der Waals surface area contributed by atoms with Gasteiger partial charge in [0, 0.05) is 58.0 Å². The maximum absolute atomic E-state index is 15.7. The quantitative estimate of drug-likeness (QED) is 0.0409. The molecule has 460 valence electrons. The summed E-state index contributed by atoms with van der Waals surface area (Å²) in [5.74, 6) is -15.2. The Morgan fingerprint density at radius 1 is 0.918 bits per heavy atom. The van der Waals surface area contributed by atoms with Crippen molar-refractivity contribution in [3.8, 4) is 16.9 Å². The lowest BCUT2D eigenvalue weighted by molar-refractivity contribution is -0.143. The van der Waals surface area contributed by atoms with E-state index in [2.05, 4.69) is 15.5 Å². The summed E-state index contributed by atoms with van der Waals surface area (Å²) in [6, 6.07) is 6.61. The van der Waals surface area contributed by atoms with Crippen LogP contribution in [-0.4, -0.2) is 97.5 Å². The molecule has 8 rings (SSSR count). The average molecular weight is 1290 g/mol. The zero-order valence-corrected chi connectivity index (χ0v) is 48.8. The zero-order chi connectivity index (χ0) is 63.4. The number of carboxylic acid groups (broad SMARTS) is 1. The zero-order valence-electron chi connectivity index (χ0n) is 45.5. The van der Waals surface area contributed by atoms with Gasteiger partial charge < -0.3 is 14.9 Å². The summed E-state index contributed by atoms with van der Waals surface area (Å²) < 4.78 is 219. The molecule has 19 nitrogen and oxygen atoms in total. The molecule has 2 aliphatic carbocycles. The Bertz CT molecular complexity index is 4020. The summed E-state index contributed by atoms with van der Waals surface area (Å²) >= 11 is 6.78. The summed E-state index contributed by atoms with van der Waals surface area (Å²) in [5, 5.41) is 18.3. The number of carboxylic acids is 1. The molecule has 2 aliphatic rings. The van der Waals surface area contributed by atoms with Gasteiger partial charge in [0.15, 0.2) is 21.3 Å². The van der Waals surface area contributed by atoms with E-state index in [0.717, 1.165) is 42.7 Å². The first kappa shape index (κ1) is 64.3. The Kier molecular flexibility index (Phi) is 16.6. The summed E-state index contributed by atoms with van der Waals surface area (Å²) in [4.78, 5) is 65.3. The highest BCUT2D eigenvalue weighted by molar-refractivity contribution is 7.93. The fourth-order valence-corrected chi connectivity index (χ4v) is 12.7. The van der Waals surface area contributed by atoms with Crippen LogP contribution in [0.1, 0.15) is 114 Å². The minimum absolute atomic E-state index is 0.000614. The Morgan fingerprint density at radius 2 is 1.54 bits per heavy atom. The molecule has 2 amide bonds. The molecule has 0 radical (unpaired) electrons. The number of halogens is 11. The van der Waals surface area contributed by atoms with Gasteiger partial charge in [0.2, 0.25) is 21.8 Å². The molecule has 85 heavy (non-hydrogen) atoms. The predicted molar refractivity (Wildman–Crippen MR) is 285 cm³/mol. The highest BCUT2D eigenvalue weighted by atomic mass is 35.5. The third-order valence-corrected chi connectivity index (χ3v) is 18.7. The number of carbonyl (C=O) groups excluding carboxylic acids is 2. The van der Waals surface area contributed by atoms with Gasteiger partial charge in [-0.3, -0.25) is 33.7 Å². The van der Waals surface area contributed by atoms with Crippen LogP contribution in [0.15, 0.2) is 54.6 Å². The number of hydrogen-bond acceptors (Lipinski definition) is 12. The monoisotopic (exact) mass is 1290 g/mol. The third-order valence-electron chi connectivity index (χ3n) is 14.7. The van der Waals surface area contributed by atoms with E-state index in [1.165, 1.54) is 46.8 Å². The first-order chi connectivity index (χ1) is 38.8. The Balaban J connectivity index is 1.34. The van der Waals surface area contributed by atoms with Crippen LogP contribution < -0.4 is 14.1 Å². The number of sulfonamides is 1. The van der Waals surface area contributed by atoms with Gasteiger partial charge in [0.05, 0.1) is 44.2 Å². The number of amides is 2. The van der Waals surface area contributed by atoms with E-state index in [9.17, 15) is 85.8 Å². The van der Waals surface area contributed by atoms with Gasteiger partial charge in [-0.1, -0.05) is 37.6 Å². The molecule has 3 heterocycles. The van der Waals surface area contributed by atoms with Crippen molar-refractivity contribution >= 4 is 73.8 Å². The second-order valence-corrected chi connectivity index (χ2v) is 28.2. The third kappa shape index (κ3) is 13.3. The van der Waals surface area contributed by atoms with Crippen molar-refractivity contribution < 1.29 is 99.1 Å². The van der Waals surface area contributed by atoms with E-state index in [4.69, 9.17) is 21.1 Å². The van der Waals surface area contributed by atoms with Crippen molar-refractivity contribution in [1.82, 2.24) is 29.9 Å². The Morgan fingerprint density at radius 3 is 2.11 bits per heavy atom. The lowest BCUT2D eigenvalue weighted by Crippen LogP contribution is -2.40. The highest BCUT2D eigenvalue weighted by Gasteiger charge is 2.68. The van der Waals surface area contributed by atoms with E-state index in [1.54, 1.807) is 0 Å². The van der Waals surface area contributed by atoms with Gasteiger partial charge in [-0.05, 0) is 99.9 Å². The largest absolute Gasteiger partial charge is 0.524 e. The average Bonchev–Trinajstić information content (AvgIpc) is 1.53. The van der Waals surface area contributed by atoms with Crippen LogP contribution in [0.25, 0.3) is 22.0 Å². The molecule has 4 N–H and O–H groups in total. The SMILES string of the molecule is Cc1cc(C(=O)O)cc(OP(=O)(O)O)c1C(C)(C)CC(=O)N(c1nn(CC(F)(F)F)c2c(-c3ccc(CCC(C)(C)S(C)(=O)=O)nc3[C@H](Cc3cc(F)cc(F)c3)NC(=O)Cn3nc(C(F)(F)F)c4c3C(F)(F)C3C[C@H]43)ccc(Cl)c12)S(C)(=O)=O. The van der Waals surface area contributed by atoms with Crippen molar-refractivity contribution in [3.05, 3.63) is 122 Å². The van der Waals surface area contributed by atoms with Crippen molar-refractivity contribution in [1.29, 1.82) is 0 Å². The van der Waals surface area contributed by atoms with Crippen LogP contribution >= 0.6 is 19.4 Å². The number of anilines is 1. The number of nitrogens with zero attached hydrogens (tertiary/aromatic N) is 6. The Hall–Kier alpha value is -6.66. The number of phosphoric acid groups is 1. The molecule has 1 fully saturated rings. The van der Waals surface area contributed by atoms with Gasteiger partial charge in [-0.2, -0.15) is 49.6 Å². The summed E-state index contributed by atoms with van der Waals surface area (Å²) in [6.45, 7) is 3.16. The molecule has 0 aliphatic heterocycles. The molecule has 3 aromatic carbocycles. The normalized spacial score (nSPS) is 16.7. The number of hydrogen-bond donors (Lipinski definition) is 4. The molecular formula is C52H51ClF10N7O12PS2. The molecule has 3 aromatic heterocycles. The lowest BCUT2D eigenvalue weighted by atomic mass is 9.78. The number of rotatable bonds is 20. The molecule has 0 bridgehead atoms. The van der Waals surface area contributed by atoms with Crippen LogP contribution in [0.5, 0.6) is 5.75 Å². The summed E-state index contributed by atoms with van der Waals surface area (Å²) in [6.07, 6.45) is -11.5. The number of aromatic nitrogens is 5.